The van der Waals surface area contributed by atoms with Crippen molar-refractivity contribution in [3.05, 3.63) is 76.6 Å². The third kappa shape index (κ3) is 2.57. The smallest absolute Gasteiger partial charge is 0.185 e. The van der Waals surface area contributed by atoms with Gasteiger partial charge < -0.3 is 9.47 Å². The van der Waals surface area contributed by atoms with Gasteiger partial charge in [0.15, 0.2) is 6.29 Å². The minimum Gasteiger partial charge on any atom is -0.342 e. The molecule has 103 valence electrons. The Morgan fingerprint density at radius 3 is 2.15 bits per heavy atom. The Balaban J connectivity index is 1.90. The van der Waals surface area contributed by atoms with E-state index in [1.165, 1.54) is 0 Å². The molecule has 1 saturated heterocycles. The predicted octanol–water partition coefficient (Wildman–Crippen LogP) is 4.98. The van der Waals surface area contributed by atoms with Crippen LogP contribution in [-0.4, -0.2) is 6.10 Å². The first kappa shape index (κ1) is 13.9. The Morgan fingerprint density at radius 1 is 0.850 bits per heavy atom. The van der Waals surface area contributed by atoms with Crippen molar-refractivity contribution in [2.45, 2.75) is 18.5 Å². The minimum atomic E-state index is -0.448. The summed E-state index contributed by atoms with van der Waals surface area (Å²) in [7, 11) is 0. The van der Waals surface area contributed by atoms with Crippen LogP contribution in [0.25, 0.3) is 0 Å². The van der Waals surface area contributed by atoms with Crippen molar-refractivity contribution >= 4 is 23.2 Å². The SMILES string of the molecule is [CH2]C1OC(c2ccccc2)OC1c1c(Cl)cccc1Cl. The van der Waals surface area contributed by atoms with Crippen LogP contribution < -0.4 is 0 Å². The summed E-state index contributed by atoms with van der Waals surface area (Å²) in [6.07, 6.45) is -1.19. The topological polar surface area (TPSA) is 18.5 Å². The van der Waals surface area contributed by atoms with E-state index in [0.717, 1.165) is 11.1 Å². The van der Waals surface area contributed by atoms with Crippen LogP contribution in [0, 0.1) is 6.92 Å². The molecule has 20 heavy (non-hydrogen) atoms. The lowest BCUT2D eigenvalue weighted by atomic mass is 10.1. The van der Waals surface area contributed by atoms with Gasteiger partial charge in [-0.1, -0.05) is 59.6 Å². The molecule has 1 aliphatic rings. The van der Waals surface area contributed by atoms with Crippen LogP contribution in [0.2, 0.25) is 10.0 Å². The van der Waals surface area contributed by atoms with Gasteiger partial charge in [0.05, 0.1) is 6.10 Å². The summed E-state index contributed by atoms with van der Waals surface area (Å²) in [5.74, 6) is 0. The Bertz CT molecular complexity index is 580. The van der Waals surface area contributed by atoms with E-state index >= 15 is 0 Å². The van der Waals surface area contributed by atoms with Crippen LogP contribution in [0.5, 0.6) is 0 Å². The molecule has 3 atom stereocenters. The molecule has 1 fully saturated rings. The molecule has 2 nitrogen and oxygen atoms in total. The largest absolute Gasteiger partial charge is 0.342 e. The zero-order valence-corrected chi connectivity index (χ0v) is 12.1. The maximum Gasteiger partial charge on any atom is 0.185 e. The molecule has 3 rings (SSSR count). The average Bonchev–Trinajstić information content (AvgIpc) is 2.82. The maximum absolute atomic E-state index is 6.22. The van der Waals surface area contributed by atoms with E-state index in [1.54, 1.807) is 18.2 Å². The third-order valence-corrected chi connectivity index (χ3v) is 3.92. The molecule has 0 bridgehead atoms. The Labute approximate surface area is 128 Å². The van der Waals surface area contributed by atoms with Gasteiger partial charge in [0.25, 0.3) is 0 Å². The Hall–Kier alpha value is -1.06. The van der Waals surface area contributed by atoms with Crippen molar-refractivity contribution in [3.8, 4) is 0 Å². The standard InChI is InChI=1S/C16H13Cl2O2/c1-10-15(14-12(17)8-5-9-13(14)18)20-16(19-10)11-6-3-2-4-7-11/h2-10,15-16H,1H2. The highest BCUT2D eigenvalue weighted by Crippen LogP contribution is 2.44. The normalized spacial score (nSPS) is 25.9. The summed E-state index contributed by atoms with van der Waals surface area (Å²) in [4.78, 5) is 0. The Kier molecular flexibility index (Phi) is 3.99. The highest BCUT2D eigenvalue weighted by atomic mass is 35.5. The molecule has 0 aliphatic carbocycles. The number of ether oxygens (including phenoxy) is 2. The molecule has 0 amide bonds. The van der Waals surface area contributed by atoms with Crippen LogP contribution in [-0.2, 0) is 9.47 Å². The lowest BCUT2D eigenvalue weighted by Crippen LogP contribution is -2.11. The number of hydrogen-bond acceptors (Lipinski definition) is 2. The molecule has 0 spiro atoms. The van der Waals surface area contributed by atoms with E-state index in [2.05, 4.69) is 6.92 Å². The van der Waals surface area contributed by atoms with Crippen molar-refractivity contribution in [1.82, 2.24) is 0 Å². The van der Waals surface area contributed by atoms with Crippen LogP contribution in [0.1, 0.15) is 23.5 Å². The second-order valence-electron chi connectivity index (χ2n) is 4.61. The van der Waals surface area contributed by atoms with Gasteiger partial charge in [-0.3, -0.25) is 0 Å². The molecule has 0 saturated carbocycles. The lowest BCUT2D eigenvalue weighted by Gasteiger charge is -2.16. The van der Waals surface area contributed by atoms with E-state index < -0.39 is 6.29 Å². The number of hydrogen-bond donors (Lipinski definition) is 0. The first-order valence-corrected chi connectivity index (χ1v) is 7.05. The van der Waals surface area contributed by atoms with Crippen molar-refractivity contribution in [3.63, 3.8) is 0 Å². The first-order valence-electron chi connectivity index (χ1n) is 6.29. The monoisotopic (exact) mass is 307 g/mol. The summed E-state index contributed by atoms with van der Waals surface area (Å²) in [5.41, 5.74) is 1.68. The molecule has 2 aromatic rings. The summed E-state index contributed by atoms with van der Waals surface area (Å²) in [5, 5.41) is 1.13. The molecule has 2 aromatic carbocycles. The van der Waals surface area contributed by atoms with E-state index in [4.69, 9.17) is 32.7 Å². The van der Waals surface area contributed by atoms with Crippen LogP contribution in [0.3, 0.4) is 0 Å². The van der Waals surface area contributed by atoms with Crippen molar-refractivity contribution in [2.75, 3.05) is 0 Å². The zero-order chi connectivity index (χ0) is 14.1. The second-order valence-corrected chi connectivity index (χ2v) is 5.42. The quantitative estimate of drug-likeness (QED) is 0.778. The van der Waals surface area contributed by atoms with Gasteiger partial charge in [-0.15, -0.1) is 0 Å². The zero-order valence-electron chi connectivity index (χ0n) is 10.6. The summed E-state index contributed by atoms with van der Waals surface area (Å²) >= 11 is 12.4. The fourth-order valence-corrected chi connectivity index (χ4v) is 2.90. The van der Waals surface area contributed by atoms with Crippen LogP contribution >= 0.6 is 23.2 Å². The number of benzene rings is 2. The predicted molar refractivity (Wildman–Crippen MR) is 79.7 cm³/mol. The molecule has 3 unspecified atom stereocenters. The van der Waals surface area contributed by atoms with Gasteiger partial charge in [-0.25, -0.2) is 0 Å². The second kappa shape index (κ2) is 5.74. The van der Waals surface area contributed by atoms with Crippen molar-refractivity contribution < 1.29 is 9.47 Å². The van der Waals surface area contributed by atoms with Gasteiger partial charge in [0, 0.05) is 21.2 Å². The van der Waals surface area contributed by atoms with E-state index in [0.29, 0.717) is 10.0 Å². The highest BCUT2D eigenvalue weighted by Gasteiger charge is 2.37. The fraction of sp³-hybridized carbons (Fsp3) is 0.188. The van der Waals surface area contributed by atoms with Crippen LogP contribution in [0.15, 0.2) is 48.5 Å². The molecule has 1 heterocycles. The minimum absolute atomic E-state index is 0.363. The lowest BCUT2D eigenvalue weighted by molar-refractivity contribution is -0.0657. The average molecular weight is 308 g/mol. The molecular weight excluding hydrogens is 295 g/mol. The van der Waals surface area contributed by atoms with Gasteiger partial charge in [0.2, 0.25) is 0 Å². The van der Waals surface area contributed by atoms with Crippen molar-refractivity contribution in [2.24, 2.45) is 0 Å². The van der Waals surface area contributed by atoms with E-state index in [-0.39, 0.29) is 12.2 Å². The van der Waals surface area contributed by atoms with Crippen molar-refractivity contribution in [1.29, 1.82) is 0 Å². The van der Waals surface area contributed by atoms with Gasteiger partial charge in [0.1, 0.15) is 6.10 Å². The van der Waals surface area contributed by atoms with E-state index in [1.807, 2.05) is 30.3 Å². The molecule has 4 heteroatoms. The third-order valence-electron chi connectivity index (χ3n) is 3.26. The first-order chi connectivity index (χ1) is 9.66. The maximum atomic E-state index is 6.22. The molecular formula is C16H13Cl2O2. The Morgan fingerprint density at radius 2 is 1.50 bits per heavy atom. The fourth-order valence-electron chi connectivity index (χ4n) is 2.29. The summed E-state index contributed by atoms with van der Waals surface area (Å²) in [6, 6.07) is 15.1. The molecule has 0 aromatic heterocycles. The van der Waals surface area contributed by atoms with Gasteiger partial charge in [-0.05, 0) is 19.1 Å². The van der Waals surface area contributed by atoms with Crippen LogP contribution in [0.4, 0.5) is 0 Å². The summed E-state index contributed by atoms with van der Waals surface area (Å²) in [6.45, 7) is 3.99. The van der Waals surface area contributed by atoms with Gasteiger partial charge in [-0.2, -0.15) is 0 Å². The number of halogens is 2. The molecule has 0 N–H and O–H groups in total. The summed E-state index contributed by atoms with van der Waals surface area (Å²) < 4.78 is 11.7. The number of rotatable bonds is 2. The molecule has 1 radical (unpaired) electrons. The molecule has 1 aliphatic heterocycles. The van der Waals surface area contributed by atoms with Gasteiger partial charge >= 0.3 is 0 Å². The van der Waals surface area contributed by atoms with E-state index in [9.17, 15) is 0 Å². The highest BCUT2D eigenvalue weighted by molar-refractivity contribution is 6.36.